The Bertz CT molecular complexity index is 709. The van der Waals surface area contributed by atoms with Gasteiger partial charge in [-0.15, -0.1) is 10.2 Å². The lowest BCUT2D eigenvalue weighted by Crippen LogP contribution is -2.43. The van der Waals surface area contributed by atoms with Crippen LogP contribution in [0.3, 0.4) is 0 Å². The van der Waals surface area contributed by atoms with E-state index >= 15 is 0 Å². The summed E-state index contributed by atoms with van der Waals surface area (Å²) in [7, 11) is 3.84. The third kappa shape index (κ3) is 4.66. The van der Waals surface area contributed by atoms with Gasteiger partial charge in [-0.05, 0) is 40.4 Å². The zero-order valence-electron chi connectivity index (χ0n) is 16.0. The van der Waals surface area contributed by atoms with Crippen LogP contribution in [0.1, 0.15) is 49.7 Å². The van der Waals surface area contributed by atoms with Crippen LogP contribution in [0.4, 0.5) is 0 Å². The van der Waals surface area contributed by atoms with Crippen LogP contribution < -0.4 is 0 Å². The number of hydrogen-bond acceptors (Lipinski definition) is 5. The summed E-state index contributed by atoms with van der Waals surface area (Å²) < 4.78 is 5.60. The van der Waals surface area contributed by atoms with E-state index in [1.807, 2.05) is 64.9 Å². The first-order chi connectivity index (χ1) is 11.8. The second-order valence-electron chi connectivity index (χ2n) is 6.78. The lowest BCUT2D eigenvalue weighted by atomic mass is 10.0. The molecule has 2 rings (SSSR count). The molecule has 1 atom stereocenters. The van der Waals surface area contributed by atoms with Crippen molar-refractivity contribution in [1.29, 1.82) is 0 Å². The highest BCUT2D eigenvalue weighted by Gasteiger charge is 2.30. The van der Waals surface area contributed by atoms with Crippen LogP contribution >= 0.6 is 0 Å². The number of nitrogens with zero attached hydrogens (tertiary/aromatic N) is 4. The van der Waals surface area contributed by atoms with Crippen LogP contribution in [0.5, 0.6) is 0 Å². The van der Waals surface area contributed by atoms with Crippen molar-refractivity contribution < 1.29 is 9.21 Å². The molecule has 1 aromatic carbocycles. The van der Waals surface area contributed by atoms with Crippen molar-refractivity contribution >= 4 is 5.91 Å². The number of carbonyl (C=O) groups is 1. The molecule has 1 heterocycles. The lowest BCUT2D eigenvalue weighted by molar-refractivity contribution is -0.139. The first kappa shape index (κ1) is 19.1. The highest BCUT2D eigenvalue weighted by atomic mass is 16.4. The van der Waals surface area contributed by atoms with Crippen LogP contribution in [0.2, 0.25) is 0 Å². The Labute approximate surface area is 149 Å². The topological polar surface area (TPSA) is 62.5 Å². The van der Waals surface area contributed by atoms with Crippen LogP contribution in [0, 0.1) is 6.92 Å². The normalized spacial score (nSPS) is 12.6. The molecular formula is C19H28N4O2. The van der Waals surface area contributed by atoms with Crippen molar-refractivity contribution in [3.8, 4) is 0 Å². The number of likely N-dealkylation sites (N-methyl/N-ethyl adjacent to an activating group) is 1. The van der Waals surface area contributed by atoms with Gasteiger partial charge in [0.05, 0.1) is 6.54 Å². The fourth-order valence-electron chi connectivity index (χ4n) is 2.81. The fourth-order valence-corrected chi connectivity index (χ4v) is 2.81. The van der Waals surface area contributed by atoms with Gasteiger partial charge in [-0.1, -0.05) is 36.8 Å². The molecule has 1 amide bonds. The van der Waals surface area contributed by atoms with E-state index in [1.54, 1.807) is 4.90 Å². The Hall–Kier alpha value is -2.21. The van der Waals surface area contributed by atoms with Crippen molar-refractivity contribution in [2.24, 2.45) is 0 Å². The van der Waals surface area contributed by atoms with Gasteiger partial charge < -0.3 is 9.32 Å². The summed E-state index contributed by atoms with van der Waals surface area (Å²) in [6.07, 6.45) is 0.687. The van der Waals surface area contributed by atoms with E-state index in [0.717, 1.165) is 11.1 Å². The maximum absolute atomic E-state index is 13.3. The fraction of sp³-hybridized carbons (Fsp3) is 0.526. The second-order valence-corrected chi connectivity index (χ2v) is 6.78. The third-order valence-corrected chi connectivity index (χ3v) is 4.13. The zero-order chi connectivity index (χ0) is 18.6. The predicted octanol–water partition coefficient (Wildman–Crippen LogP) is 2.98. The number of benzene rings is 1. The number of hydrogen-bond donors (Lipinski definition) is 0. The Morgan fingerprint density at radius 1 is 1.20 bits per heavy atom. The van der Waals surface area contributed by atoms with Crippen molar-refractivity contribution in [1.82, 2.24) is 20.0 Å². The summed E-state index contributed by atoms with van der Waals surface area (Å²) in [5.74, 6) is 1.09. The molecule has 0 spiro atoms. The monoisotopic (exact) mass is 344 g/mol. The minimum absolute atomic E-state index is 0.0248. The predicted molar refractivity (Wildman–Crippen MR) is 97.0 cm³/mol. The van der Waals surface area contributed by atoms with E-state index < -0.39 is 0 Å². The summed E-state index contributed by atoms with van der Waals surface area (Å²) >= 11 is 0. The first-order valence-corrected chi connectivity index (χ1v) is 8.68. The van der Waals surface area contributed by atoms with Crippen molar-refractivity contribution in [2.75, 3.05) is 14.1 Å². The van der Waals surface area contributed by atoms with Gasteiger partial charge in [0.1, 0.15) is 6.04 Å². The average molecular weight is 344 g/mol. The molecule has 0 N–H and O–H groups in total. The summed E-state index contributed by atoms with van der Waals surface area (Å²) in [6.45, 7) is 8.31. The van der Waals surface area contributed by atoms with Gasteiger partial charge in [0, 0.05) is 12.5 Å². The van der Waals surface area contributed by atoms with E-state index in [-0.39, 0.29) is 18.0 Å². The van der Waals surface area contributed by atoms with Crippen molar-refractivity contribution in [3.05, 3.63) is 47.2 Å². The average Bonchev–Trinajstić information content (AvgIpc) is 3.00. The maximum atomic E-state index is 13.3. The molecule has 0 aliphatic rings. The minimum atomic E-state index is -0.351. The van der Waals surface area contributed by atoms with Gasteiger partial charge in [-0.3, -0.25) is 9.69 Å². The molecule has 1 unspecified atom stereocenters. The third-order valence-electron chi connectivity index (χ3n) is 4.13. The lowest BCUT2D eigenvalue weighted by Gasteiger charge is -2.32. The standard InChI is InChI=1S/C19H28N4O2/c1-7-16-20-21-17(25-16)12-23(13(2)3)19(24)18(22(5)6)15-10-8-9-14(4)11-15/h8-11,13,18H,7,12H2,1-6H3. The Kier molecular flexibility index (Phi) is 6.31. The molecule has 136 valence electrons. The smallest absolute Gasteiger partial charge is 0.245 e. The molecular weight excluding hydrogens is 316 g/mol. The number of aryl methyl sites for hydroxylation is 2. The van der Waals surface area contributed by atoms with Gasteiger partial charge in [0.2, 0.25) is 17.7 Å². The SMILES string of the molecule is CCc1nnc(CN(C(=O)C(c2cccc(C)c2)N(C)C)C(C)C)o1. The molecule has 0 bridgehead atoms. The van der Waals surface area contributed by atoms with Crippen molar-refractivity contribution in [2.45, 2.75) is 52.7 Å². The van der Waals surface area contributed by atoms with Crippen molar-refractivity contribution in [3.63, 3.8) is 0 Å². The molecule has 0 saturated carbocycles. The van der Waals surface area contributed by atoms with Crippen LogP contribution in [-0.4, -0.2) is 46.0 Å². The van der Waals surface area contributed by atoms with E-state index in [4.69, 9.17) is 4.42 Å². The Balaban J connectivity index is 2.29. The highest BCUT2D eigenvalue weighted by Crippen LogP contribution is 2.24. The van der Waals surface area contributed by atoms with Gasteiger partial charge >= 0.3 is 0 Å². The number of amides is 1. The van der Waals surface area contributed by atoms with E-state index in [0.29, 0.717) is 24.7 Å². The summed E-state index contributed by atoms with van der Waals surface area (Å²) in [6, 6.07) is 7.75. The molecule has 0 aliphatic carbocycles. The van der Waals surface area contributed by atoms with E-state index in [2.05, 4.69) is 16.3 Å². The Morgan fingerprint density at radius 2 is 1.88 bits per heavy atom. The number of aromatic nitrogens is 2. The van der Waals surface area contributed by atoms with Crippen LogP contribution in [0.25, 0.3) is 0 Å². The number of rotatable bonds is 7. The molecule has 0 radical (unpaired) electrons. The van der Waals surface area contributed by atoms with Gasteiger partial charge in [0.15, 0.2) is 0 Å². The van der Waals surface area contributed by atoms with Gasteiger partial charge in [-0.25, -0.2) is 0 Å². The summed E-state index contributed by atoms with van der Waals surface area (Å²) in [5.41, 5.74) is 2.12. The Morgan fingerprint density at radius 3 is 2.40 bits per heavy atom. The molecule has 0 aliphatic heterocycles. The van der Waals surface area contributed by atoms with Gasteiger partial charge in [0.25, 0.3) is 0 Å². The quantitative estimate of drug-likeness (QED) is 0.773. The molecule has 25 heavy (non-hydrogen) atoms. The second kappa shape index (κ2) is 8.25. The van der Waals surface area contributed by atoms with Crippen LogP contribution in [0.15, 0.2) is 28.7 Å². The van der Waals surface area contributed by atoms with E-state index in [9.17, 15) is 4.79 Å². The maximum Gasteiger partial charge on any atom is 0.245 e. The molecule has 6 heteroatoms. The van der Waals surface area contributed by atoms with E-state index in [1.165, 1.54) is 0 Å². The highest BCUT2D eigenvalue weighted by molar-refractivity contribution is 5.83. The summed E-state index contributed by atoms with van der Waals surface area (Å²) in [5, 5.41) is 8.05. The molecule has 6 nitrogen and oxygen atoms in total. The molecule has 0 saturated heterocycles. The van der Waals surface area contributed by atoms with Gasteiger partial charge in [-0.2, -0.15) is 0 Å². The first-order valence-electron chi connectivity index (χ1n) is 8.68. The largest absolute Gasteiger partial charge is 0.423 e. The minimum Gasteiger partial charge on any atom is -0.423 e. The zero-order valence-corrected chi connectivity index (χ0v) is 16.0. The summed E-state index contributed by atoms with van der Waals surface area (Å²) in [4.78, 5) is 17.0. The molecule has 0 fully saturated rings. The molecule has 2 aromatic rings. The van der Waals surface area contributed by atoms with Crippen LogP contribution in [-0.2, 0) is 17.8 Å². The number of carbonyl (C=O) groups excluding carboxylic acids is 1. The molecule has 1 aromatic heterocycles.